The summed E-state index contributed by atoms with van der Waals surface area (Å²) in [6.45, 7) is 8.15. The van der Waals surface area contributed by atoms with Crippen molar-refractivity contribution in [2.75, 3.05) is 50.8 Å². The summed E-state index contributed by atoms with van der Waals surface area (Å²) >= 11 is 6.42. The van der Waals surface area contributed by atoms with E-state index in [1.807, 2.05) is 51.1 Å². The summed E-state index contributed by atoms with van der Waals surface area (Å²) in [5, 5.41) is 13.4. The van der Waals surface area contributed by atoms with Gasteiger partial charge in [0.2, 0.25) is 5.28 Å². The van der Waals surface area contributed by atoms with Crippen molar-refractivity contribution in [2.24, 2.45) is 5.11 Å². The second-order valence-corrected chi connectivity index (χ2v) is 12.3. The molecule has 1 saturated heterocycles. The molecular weight excluding hydrogens is 604 g/mol. The molecule has 0 aliphatic carbocycles. The molecule has 0 bridgehead atoms. The molecule has 1 fully saturated rings. The largest absolute Gasteiger partial charge is 0.445 e. The molecule has 2 amide bonds. The number of amides is 2. The number of aliphatic hydroxyl groups is 1. The van der Waals surface area contributed by atoms with Gasteiger partial charge in [-0.05, 0) is 62.7 Å². The molecule has 244 valence electrons. The summed E-state index contributed by atoms with van der Waals surface area (Å²) in [5.41, 5.74) is 10.3. The van der Waals surface area contributed by atoms with E-state index in [-0.39, 0.29) is 37.6 Å². The summed E-state index contributed by atoms with van der Waals surface area (Å²) < 4.78 is 17.2. The minimum absolute atomic E-state index is 0.0118. The van der Waals surface area contributed by atoms with Crippen LogP contribution in [-0.2, 0) is 33.8 Å². The summed E-state index contributed by atoms with van der Waals surface area (Å²) in [7, 11) is 0. The Balaban J connectivity index is 1.47. The fraction of sp³-hybridized carbons (Fsp3) is 0.600. The molecule has 2 atom stereocenters. The first-order chi connectivity index (χ1) is 21.5. The number of hydrogen-bond donors (Lipinski definition) is 1. The minimum Gasteiger partial charge on any atom is -0.445 e. The van der Waals surface area contributed by atoms with Gasteiger partial charge in [-0.3, -0.25) is 0 Å². The lowest BCUT2D eigenvalue weighted by molar-refractivity contribution is 0.0220. The Kier molecular flexibility index (Phi) is 12.1. The number of azide groups is 1. The van der Waals surface area contributed by atoms with Crippen molar-refractivity contribution in [1.29, 1.82) is 0 Å². The summed E-state index contributed by atoms with van der Waals surface area (Å²) in [4.78, 5) is 42.9. The quantitative estimate of drug-likeness (QED) is 0.120. The van der Waals surface area contributed by atoms with Gasteiger partial charge in [0, 0.05) is 43.3 Å². The highest BCUT2D eigenvalue weighted by molar-refractivity contribution is 6.28. The van der Waals surface area contributed by atoms with Gasteiger partial charge in [-0.2, -0.15) is 0 Å². The zero-order valence-electron chi connectivity index (χ0n) is 26.0. The average molecular weight is 645 g/mol. The number of nitrogens with zero attached hydrogens (tertiary/aromatic N) is 8. The van der Waals surface area contributed by atoms with Crippen LogP contribution >= 0.6 is 11.6 Å². The molecule has 15 heteroatoms. The van der Waals surface area contributed by atoms with Gasteiger partial charge in [0.05, 0.1) is 37.5 Å². The third-order valence-corrected chi connectivity index (χ3v) is 7.55. The van der Waals surface area contributed by atoms with Crippen LogP contribution in [0.15, 0.2) is 35.4 Å². The molecule has 0 saturated carbocycles. The van der Waals surface area contributed by atoms with Gasteiger partial charge in [0.25, 0.3) is 0 Å². The predicted octanol–water partition coefficient (Wildman–Crippen LogP) is 4.72. The number of rotatable bonds is 11. The van der Waals surface area contributed by atoms with Crippen LogP contribution in [0.2, 0.25) is 5.28 Å². The Morgan fingerprint density at radius 3 is 2.67 bits per heavy atom. The van der Waals surface area contributed by atoms with E-state index < -0.39 is 23.9 Å². The normalized spacial score (nSPS) is 17.3. The number of aromatic nitrogens is 2. The van der Waals surface area contributed by atoms with Gasteiger partial charge < -0.3 is 34.0 Å². The Morgan fingerprint density at radius 2 is 1.93 bits per heavy atom. The zero-order valence-corrected chi connectivity index (χ0v) is 26.7. The zero-order chi connectivity index (χ0) is 32.4. The molecule has 1 N–H and O–H groups in total. The number of carbonyl (C=O) groups excluding carboxylic acids is 2. The van der Waals surface area contributed by atoms with Gasteiger partial charge in [0.15, 0.2) is 0 Å². The highest BCUT2D eigenvalue weighted by Gasteiger charge is 2.35. The Labute approximate surface area is 267 Å². The predicted molar refractivity (Wildman–Crippen MR) is 167 cm³/mol. The SMILES string of the molecule is CC(C)(C)OC(=O)N1CCc2c(nc(Cl)nc2N2CCN(C(=O)OCc3ccccc3)CC2COCCCC(O)CN=[N+]=[N-])C1. The van der Waals surface area contributed by atoms with Crippen molar-refractivity contribution in [3.8, 4) is 0 Å². The maximum absolute atomic E-state index is 13.1. The van der Waals surface area contributed by atoms with Gasteiger partial charge in [-0.1, -0.05) is 35.4 Å². The van der Waals surface area contributed by atoms with Crippen LogP contribution in [0.4, 0.5) is 15.4 Å². The van der Waals surface area contributed by atoms with E-state index in [9.17, 15) is 14.7 Å². The van der Waals surface area contributed by atoms with Gasteiger partial charge in [-0.25, -0.2) is 19.6 Å². The van der Waals surface area contributed by atoms with Crippen molar-refractivity contribution in [3.63, 3.8) is 0 Å². The number of hydrogen-bond acceptors (Lipinski definition) is 10. The lowest BCUT2D eigenvalue weighted by atomic mass is 10.0. The molecule has 0 spiro atoms. The number of piperazine rings is 1. The molecule has 14 nitrogen and oxygen atoms in total. The second kappa shape index (κ2) is 15.9. The Bertz CT molecular complexity index is 1350. The lowest BCUT2D eigenvalue weighted by Crippen LogP contribution is -2.57. The maximum atomic E-state index is 13.1. The first-order valence-corrected chi connectivity index (χ1v) is 15.4. The highest BCUT2D eigenvalue weighted by atomic mass is 35.5. The molecule has 1 aromatic carbocycles. The van der Waals surface area contributed by atoms with Crippen LogP contribution in [0.5, 0.6) is 0 Å². The average Bonchev–Trinajstić information content (AvgIpc) is 3.01. The highest BCUT2D eigenvalue weighted by Crippen LogP contribution is 2.31. The molecule has 4 rings (SSSR count). The molecule has 1 aromatic heterocycles. The Morgan fingerprint density at radius 1 is 1.16 bits per heavy atom. The number of fused-ring (bicyclic) bond motifs is 1. The third kappa shape index (κ3) is 10.1. The van der Waals surface area contributed by atoms with Crippen LogP contribution < -0.4 is 4.90 Å². The molecule has 3 heterocycles. The smallest absolute Gasteiger partial charge is 0.410 e. The second-order valence-electron chi connectivity index (χ2n) is 12.0. The standard InChI is InChI=1S/C30H41ClN8O6/c1-30(2,3)45-29(42)37-12-11-24-25(18-37)34-27(31)35-26(24)39-14-13-38(28(41)44-19-21-8-5-4-6-9-21)17-22(39)20-43-15-7-10-23(40)16-33-36-32/h4-6,8-9,22-23,40H,7,10-20H2,1-3H3. The topological polar surface area (TPSA) is 166 Å². The molecule has 2 aliphatic rings. The van der Waals surface area contributed by atoms with Crippen molar-refractivity contribution in [2.45, 2.75) is 70.9 Å². The molecule has 45 heavy (non-hydrogen) atoms. The number of carbonyl (C=O) groups is 2. The van der Waals surface area contributed by atoms with E-state index in [0.29, 0.717) is 63.6 Å². The third-order valence-electron chi connectivity index (χ3n) is 7.38. The minimum atomic E-state index is -0.736. The number of anilines is 1. The fourth-order valence-corrected chi connectivity index (χ4v) is 5.40. The number of ether oxygens (including phenoxy) is 3. The maximum Gasteiger partial charge on any atom is 0.410 e. The van der Waals surface area contributed by atoms with E-state index in [2.05, 4.69) is 24.9 Å². The summed E-state index contributed by atoms with van der Waals surface area (Å²) in [5.74, 6) is 0.657. The van der Waals surface area contributed by atoms with E-state index in [1.165, 1.54) is 0 Å². The van der Waals surface area contributed by atoms with E-state index >= 15 is 0 Å². The van der Waals surface area contributed by atoms with E-state index in [4.69, 9.17) is 31.3 Å². The number of aliphatic hydroxyl groups excluding tert-OH is 1. The van der Waals surface area contributed by atoms with Gasteiger partial charge >= 0.3 is 12.2 Å². The number of halogens is 1. The van der Waals surface area contributed by atoms with Gasteiger partial charge in [-0.15, -0.1) is 0 Å². The van der Waals surface area contributed by atoms with E-state index in [0.717, 1.165) is 11.1 Å². The molecular formula is C30H41ClN8O6. The lowest BCUT2D eigenvalue weighted by Gasteiger charge is -2.43. The number of benzene rings is 1. The Hall–Kier alpha value is -3.84. The monoisotopic (exact) mass is 644 g/mol. The van der Waals surface area contributed by atoms with Crippen LogP contribution in [0.1, 0.15) is 50.4 Å². The molecule has 2 aromatic rings. The fourth-order valence-electron chi connectivity index (χ4n) is 5.22. The summed E-state index contributed by atoms with van der Waals surface area (Å²) in [6.07, 6.45) is -0.0675. The van der Waals surface area contributed by atoms with Crippen LogP contribution in [0, 0.1) is 0 Å². The first-order valence-electron chi connectivity index (χ1n) is 15.1. The van der Waals surface area contributed by atoms with Gasteiger partial charge in [0.1, 0.15) is 18.0 Å². The van der Waals surface area contributed by atoms with Crippen molar-refractivity contribution < 1.29 is 28.9 Å². The van der Waals surface area contributed by atoms with Crippen molar-refractivity contribution in [3.05, 3.63) is 62.9 Å². The summed E-state index contributed by atoms with van der Waals surface area (Å²) in [6, 6.07) is 9.21. The first kappa shape index (κ1) is 34.0. The van der Waals surface area contributed by atoms with E-state index in [1.54, 1.807) is 9.80 Å². The molecule has 0 radical (unpaired) electrons. The van der Waals surface area contributed by atoms with Crippen LogP contribution in [0.25, 0.3) is 10.4 Å². The van der Waals surface area contributed by atoms with Crippen LogP contribution in [-0.4, -0.2) is 101 Å². The molecule has 2 unspecified atom stereocenters. The van der Waals surface area contributed by atoms with Crippen LogP contribution in [0.3, 0.4) is 0 Å². The molecule has 2 aliphatic heterocycles. The van der Waals surface area contributed by atoms with Crippen molar-refractivity contribution in [1.82, 2.24) is 19.8 Å². The van der Waals surface area contributed by atoms with Crippen molar-refractivity contribution >= 4 is 29.6 Å².